The highest BCUT2D eigenvalue weighted by atomic mass is 19.4. The Hall–Kier alpha value is -0.290. The summed E-state index contributed by atoms with van der Waals surface area (Å²) in [6.45, 7) is 5.30. The second-order valence-corrected chi connectivity index (χ2v) is 5.56. The maximum Gasteiger partial charge on any atom is 0.390 e. The van der Waals surface area contributed by atoms with Crippen molar-refractivity contribution < 1.29 is 13.2 Å². The first-order valence-electron chi connectivity index (χ1n) is 6.85. The monoisotopic (exact) mass is 266 g/mol. The standard InChI is InChI=1S/C13H25F3N2/c1-3-18(9-8-13(14,15)16)12(10-17)6-4-11(2)5-7-12/h11H,3-10,17H2,1-2H3. The van der Waals surface area contributed by atoms with E-state index in [0.717, 1.165) is 25.7 Å². The third-order valence-corrected chi connectivity index (χ3v) is 4.30. The third-order valence-electron chi connectivity index (χ3n) is 4.30. The third kappa shape index (κ3) is 4.12. The minimum Gasteiger partial charge on any atom is -0.329 e. The van der Waals surface area contributed by atoms with Gasteiger partial charge in [-0.2, -0.15) is 13.2 Å². The summed E-state index contributed by atoms with van der Waals surface area (Å²) < 4.78 is 37.1. The van der Waals surface area contributed by atoms with E-state index in [1.165, 1.54) is 0 Å². The molecule has 1 saturated carbocycles. The van der Waals surface area contributed by atoms with Gasteiger partial charge in [0.15, 0.2) is 0 Å². The Morgan fingerprint density at radius 1 is 1.28 bits per heavy atom. The predicted octanol–water partition coefficient (Wildman–Crippen LogP) is 3.17. The normalized spacial score (nSPS) is 29.8. The zero-order valence-corrected chi connectivity index (χ0v) is 11.4. The number of rotatable bonds is 5. The molecule has 0 aliphatic heterocycles. The fourth-order valence-electron chi connectivity index (χ4n) is 2.94. The van der Waals surface area contributed by atoms with E-state index in [-0.39, 0.29) is 12.1 Å². The van der Waals surface area contributed by atoms with Gasteiger partial charge in [0.1, 0.15) is 0 Å². The SMILES string of the molecule is CCN(CCC(F)(F)F)C1(CN)CCC(C)CC1. The van der Waals surface area contributed by atoms with Crippen LogP contribution >= 0.6 is 0 Å². The van der Waals surface area contributed by atoms with Crippen LogP contribution in [-0.2, 0) is 0 Å². The summed E-state index contributed by atoms with van der Waals surface area (Å²) >= 11 is 0. The molecule has 1 aliphatic carbocycles. The van der Waals surface area contributed by atoms with Gasteiger partial charge in [-0.1, -0.05) is 13.8 Å². The summed E-state index contributed by atoms with van der Waals surface area (Å²) in [5, 5.41) is 0. The summed E-state index contributed by atoms with van der Waals surface area (Å²) in [6.07, 6.45) is -0.824. The van der Waals surface area contributed by atoms with Gasteiger partial charge in [-0.3, -0.25) is 4.90 Å². The molecule has 0 saturated heterocycles. The van der Waals surface area contributed by atoms with Gasteiger partial charge in [-0.25, -0.2) is 0 Å². The van der Waals surface area contributed by atoms with Crippen LogP contribution in [0.2, 0.25) is 0 Å². The summed E-state index contributed by atoms with van der Waals surface area (Å²) in [5.41, 5.74) is 5.67. The zero-order valence-electron chi connectivity index (χ0n) is 11.4. The van der Waals surface area contributed by atoms with E-state index in [1.54, 1.807) is 0 Å². The molecule has 0 amide bonds. The first kappa shape index (κ1) is 15.8. The van der Waals surface area contributed by atoms with Crippen LogP contribution < -0.4 is 5.73 Å². The van der Waals surface area contributed by atoms with Crippen molar-refractivity contribution in [1.82, 2.24) is 4.90 Å². The van der Waals surface area contributed by atoms with Crippen LogP contribution in [0.5, 0.6) is 0 Å². The Bertz CT molecular complexity index is 245. The molecule has 0 atom stereocenters. The van der Waals surface area contributed by atoms with Gasteiger partial charge < -0.3 is 5.73 Å². The van der Waals surface area contributed by atoms with Crippen molar-refractivity contribution in [3.05, 3.63) is 0 Å². The maximum absolute atomic E-state index is 12.4. The second-order valence-electron chi connectivity index (χ2n) is 5.56. The first-order valence-corrected chi connectivity index (χ1v) is 6.85. The molecular formula is C13H25F3N2. The fourth-order valence-corrected chi connectivity index (χ4v) is 2.94. The molecule has 1 rings (SSSR count). The Balaban J connectivity index is 2.65. The van der Waals surface area contributed by atoms with Crippen LogP contribution in [0.25, 0.3) is 0 Å². The van der Waals surface area contributed by atoms with E-state index in [0.29, 0.717) is 19.0 Å². The van der Waals surface area contributed by atoms with Gasteiger partial charge in [0.2, 0.25) is 0 Å². The molecule has 2 N–H and O–H groups in total. The quantitative estimate of drug-likeness (QED) is 0.828. The van der Waals surface area contributed by atoms with Crippen LogP contribution in [0.4, 0.5) is 13.2 Å². The Morgan fingerprint density at radius 2 is 1.83 bits per heavy atom. The average molecular weight is 266 g/mol. The van der Waals surface area contributed by atoms with Crippen molar-refractivity contribution in [3.8, 4) is 0 Å². The topological polar surface area (TPSA) is 29.3 Å². The van der Waals surface area contributed by atoms with Crippen LogP contribution in [-0.4, -0.2) is 36.2 Å². The van der Waals surface area contributed by atoms with Gasteiger partial charge in [0, 0.05) is 18.6 Å². The number of nitrogens with two attached hydrogens (primary N) is 1. The van der Waals surface area contributed by atoms with Gasteiger partial charge in [-0.15, -0.1) is 0 Å². The van der Waals surface area contributed by atoms with Crippen molar-refractivity contribution in [2.75, 3.05) is 19.6 Å². The Morgan fingerprint density at radius 3 is 2.22 bits per heavy atom. The Kier molecular flexibility index (Phi) is 5.46. The van der Waals surface area contributed by atoms with Crippen molar-refractivity contribution in [1.29, 1.82) is 0 Å². The number of alkyl halides is 3. The molecule has 0 aromatic heterocycles. The lowest BCUT2D eigenvalue weighted by Gasteiger charge is -2.47. The first-order chi connectivity index (χ1) is 8.33. The van der Waals surface area contributed by atoms with E-state index in [1.807, 2.05) is 11.8 Å². The highest BCUT2D eigenvalue weighted by Crippen LogP contribution is 2.36. The second kappa shape index (κ2) is 6.24. The van der Waals surface area contributed by atoms with E-state index >= 15 is 0 Å². The number of likely N-dealkylation sites (N-methyl/N-ethyl adjacent to an activating group) is 1. The van der Waals surface area contributed by atoms with Gasteiger partial charge >= 0.3 is 6.18 Å². The highest BCUT2D eigenvalue weighted by Gasteiger charge is 2.39. The number of halogens is 3. The van der Waals surface area contributed by atoms with E-state index in [9.17, 15) is 13.2 Å². The lowest BCUT2D eigenvalue weighted by atomic mass is 9.76. The highest BCUT2D eigenvalue weighted by molar-refractivity contribution is 4.95. The van der Waals surface area contributed by atoms with Crippen LogP contribution in [0.15, 0.2) is 0 Å². The summed E-state index contributed by atoms with van der Waals surface area (Å²) in [6, 6.07) is 0. The van der Waals surface area contributed by atoms with Crippen molar-refractivity contribution in [3.63, 3.8) is 0 Å². The smallest absolute Gasteiger partial charge is 0.329 e. The molecule has 2 nitrogen and oxygen atoms in total. The molecule has 18 heavy (non-hydrogen) atoms. The number of hydrogen-bond acceptors (Lipinski definition) is 2. The molecule has 0 heterocycles. The molecule has 0 spiro atoms. The average Bonchev–Trinajstić information content (AvgIpc) is 2.31. The fraction of sp³-hybridized carbons (Fsp3) is 1.00. The van der Waals surface area contributed by atoms with Gasteiger partial charge in [-0.05, 0) is 38.1 Å². The van der Waals surface area contributed by atoms with Crippen molar-refractivity contribution in [2.45, 2.75) is 57.7 Å². The number of hydrogen-bond donors (Lipinski definition) is 1. The lowest BCUT2D eigenvalue weighted by molar-refractivity contribution is -0.142. The molecule has 0 aromatic rings. The van der Waals surface area contributed by atoms with Crippen LogP contribution in [0, 0.1) is 5.92 Å². The van der Waals surface area contributed by atoms with Crippen molar-refractivity contribution >= 4 is 0 Å². The predicted molar refractivity (Wildman–Crippen MR) is 67.3 cm³/mol. The van der Waals surface area contributed by atoms with Crippen molar-refractivity contribution in [2.24, 2.45) is 11.7 Å². The molecule has 0 bridgehead atoms. The minimum atomic E-state index is -4.08. The summed E-state index contributed by atoms with van der Waals surface area (Å²) in [5.74, 6) is 0.672. The molecule has 1 aliphatic rings. The summed E-state index contributed by atoms with van der Waals surface area (Å²) in [7, 11) is 0. The zero-order chi connectivity index (χ0) is 13.8. The minimum absolute atomic E-state index is 0.0750. The number of nitrogens with zero attached hydrogens (tertiary/aromatic N) is 1. The summed E-state index contributed by atoms with van der Waals surface area (Å²) in [4.78, 5) is 1.95. The van der Waals surface area contributed by atoms with E-state index < -0.39 is 12.6 Å². The molecule has 0 radical (unpaired) electrons. The molecule has 0 aromatic carbocycles. The largest absolute Gasteiger partial charge is 0.390 e. The van der Waals surface area contributed by atoms with E-state index in [2.05, 4.69) is 6.92 Å². The van der Waals surface area contributed by atoms with Gasteiger partial charge in [0.05, 0.1) is 6.42 Å². The molecule has 0 unspecified atom stereocenters. The van der Waals surface area contributed by atoms with Gasteiger partial charge in [0.25, 0.3) is 0 Å². The molecule has 1 fully saturated rings. The van der Waals surface area contributed by atoms with E-state index in [4.69, 9.17) is 5.73 Å². The molecule has 5 heteroatoms. The molecule has 108 valence electrons. The molecular weight excluding hydrogens is 241 g/mol. The van der Waals surface area contributed by atoms with Crippen LogP contribution in [0.1, 0.15) is 46.0 Å². The maximum atomic E-state index is 12.4. The van der Waals surface area contributed by atoms with Crippen LogP contribution in [0.3, 0.4) is 0 Å². The lowest BCUT2D eigenvalue weighted by Crippen LogP contribution is -2.56. The Labute approximate surface area is 108 Å².